The van der Waals surface area contributed by atoms with E-state index in [1.807, 2.05) is 0 Å². The Morgan fingerprint density at radius 3 is 2.77 bits per heavy atom. The lowest BCUT2D eigenvalue weighted by Gasteiger charge is -2.23. The zero-order chi connectivity index (χ0) is 9.42. The largest absolute Gasteiger partial charge is 0.383 e. The highest BCUT2D eigenvalue weighted by Crippen LogP contribution is 2.38. The zero-order valence-electron chi connectivity index (χ0n) is 7.62. The van der Waals surface area contributed by atoms with Gasteiger partial charge in [-0.25, -0.2) is 0 Å². The number of aromatic nitrogens is 2. The smallest absolute Gasteiger partial charge is 0.139 e. The van der Waals surface area contributed by atoms with Crippen LogP contribution in [0.4, 0.5) is 5.82 Å². The van der Waals surface area contributed by atoms with Gasteiger partial charge in [0.15, 0.2) is 0 Å². The maximum Gasteiger partial charge on any atom is 0.139 e. The molecule has 0 spiro atoms. The molecule has 1 heterocycles. The fourth-order valence-corrected chi connectivity index (χ4v) is 1.64. The van der Waals surface area contributed by atoms with Crippen molar-refractivity contribution >= 4 is 5.82 Å². The van der Waals surface area contributed by atoms with E-state index in [1.165, 1.54) is 6.42 Å². The third kappa shape index (κ3) is 1.08. The third-order valence-corrected chi connectivity index (χ3v) is 2.72. The number of anilines is 1. The zero-order valence-corrected chi connectivity index (χ0v) is 7.62. The molecule has 4 nitrogen and oxygen atoms in total. The number of hydrogen-bond donors (Lipinski definition) is 1. The average Bonchev–Trinajstić information content (AvgIpc) is 2.25. The Morgan fingerprint density at radius 2 is 2.31 bits per heavy atom. The molecule has 1 saturated carbocycles. The van der Waals surface area contributed by atoms with Gasteiger partial charge in [0.1, 0.15) is 17.5 Å². The van der Waals surface area contributed by atoms with Gasteiger partial charge in [0.05, 0.1) is 5.69 Å². The second-order valence-corrected chi connectivity index (χ2v) is 3.51. The highest BCUT2D eigenvalue weighted by Gasteiger charge is 2.27. The summed E-state index contributed by atoms with van der Waals surface area (Å²) in [6.07, 6.45) is 3.53. The van der Waals surface area contributed by atoms with Gasteiger partial charge >= 0.3 is 0 Å². The standard InChI is InChI=1S/C9H12N4/c1-13-9(11)7(5-10)8(12-13)6-3-2-4-6/h6H,2-4,11H2,1H3. The molecular formula is C9H12N4. The first-order valence-electron chi connectivity index (χ1n) is 4.46. The van der Waals surface area contributed by atoms with Gasteiger partial charge in [0, 0.05) is 13.0 Å². The first kappa shape index (κ1) is 8.11. The number of nitrogens with two attached hydrogens (primary N) is 1. The van der Waals surface area contributed by atoms with Crippen molar-refractivity contribution in [2.45, 2.75) is 25.2 Å². The molecule has 0 atom stereocenters. The monoisotopic (exact) mass is 176 g/mol. The van der Waals surface area contributed by atoms with Crippen molar-refractivity contribution in [1.29, 1.82) is 5.26 Å². The van der Waals surface area contributed by atoms with Crippen LogP contribution < -0.4 is 5.73 Å². The first-order valence-corrected chi connectivity index (χ1v) is 4.46. The summed E-state index contributed by atoms with van der Waals surface area (Å²) in [7, 11) is 1.78. The summed E-state index contributed by atoms with van der Waals surface area (Å²) in [4.78, 5) is 0. The molecule has 13 heavy (non-hydrogen) atoms. The van der Waals surface area contributed by atoms with Crippen LogP contribution in [0.5, 0.6) is 0 Å². The van der Waals surface area contributed by atoms with Crippen LogP contribution in [-0.2, 0) is 7.05 Å². The fourth-order valence-electron chi connectivity index (χ4n) is 1.64. The molecule has 0 aromatic carbocycles. The van der Waals surface area contributed by atoms with E-state index >= 15 is 0 Å². The minimum Gasteiger partial charge on any atom is -0.383 e. The van der Waals surface area contributed by atoms with E-state index in [2.05, 4.69) is 11.2 Å². The van der Waals surface area contributed by atoms with Gasteiger partial charge in [0.2, 0.25) is 0 Å². The van der Waals surface area contributed by atoms with Crippen molar-refractivity contribution in [1.82, 2.24) is 9.78 Å². The predicted octanol–water partition coefficient (Wildman–Crippen LogP) is 1.14. The molecule has 2 N–H and O–H groups in total. The van der Waals surface area contributed by atoms with Crippen LogP contribution in [0, 0.1) is 11.3 Å². The van der Waals surface area contributed by atoms with Crippen LogP contribution in [0.15, 0.2) is 0 Å². The molecular weight excluding hydrogens is 164 g/mol. The number of hydrogen-bond acceptors (Lipinski definition) is 3. The van der Waals surface area contributed by atoms with E-state index in [-0.39, 0.29) is 0 Å². The summed E-state index contributed by atoms with van der Waals surface area (Å²) in [6, 6.07) is 2.13. The molecule has 1 aliphatic carbocycles. The molecule has 4 heteroatoms. The van der Waals surface area contributed by atoms with Crippen LogP contribution in [-0.4, -0.2) is 9.78 Å². The molecule has 0 radical (unpaired) electrons. The third-order valence-electron chi connectivity index (χ3n) is 2.72. The topological polar surface area (TPSA) is 67.6 Å². The quantitative estimate of drug-likeness (QED) is 0.697. The SMILES string of the molecule is Cn1nc(C2CCC2)c(C#N)c1N. The number of nitrogens with zero attached hydrogens (tertiary/aromatic N) is 3. The van der Waals surface area contributed by atoms with Gasteiger partial charge in [-0.2, -0.15) is 10.4 Å². The van der Waals surface area contributed by atoms with Gasteiger partial charge in [0.25, 0.3) is 0 Å². The van der Waals surface area contributed by atoms with E-state index in [0.717, 1.165) is 18.5 Å². The summed E-state index contributed by atoms with van der Waals surface area (Å²) in [5.41, 5.74) is 7.18. The minimum atomic E-state index is 0.471. The second kappa shape index (κ2) is 2.77. The van der Waals surface area contributed by atoms with Crippen LogP contribution in [0.25, 0.3) is 0 Å². The molecule has 0 saturated heterocycles. The van der Waals surface area contributed by atoms with Gasteiger partial charge in [-0.1, -0.05) is 6.42 Å². The number of nitriles is 1. The van der Waals surface area contributed by atoms with Crippen molar-refractivity contribution in [3.63, 3.8) is 0 Å². The Labute approximate surface area is 77.0 Å². The molecule has 1 aliphatic rings. The normalized spacial score (nSPS) is 16.6. The van der Waals surface area contributed by atoms with Crippen molar-refractivity contribution in [2.24, 2.45) is 7.05 Å². The first-order chi connectivity index (χ1) is 6.24. The summed E-state index contributed by atoms with van der Waals surface area (Å²) < 4.78 is 1.59. The molecule has 2 rings (SSSR count). The highest BCUT2D eigenvalue weighted by molar-refractivity contribution is 5.53. The molecule has 0 amide bonds. The molecule has 1 fully saturated rings. The average molecular weight is 176 g/mol. The summed E-state index contributed by atoms with van der Waals surface area (Å²) in [5.74, 6) is 0.961. The number of aryl methyl sites for hydroxylation is 1. The number of nitrogen functional groups attached to an aromatic ring is 1. The van der Waals surface area contributed by atoms with Crippen LogP contribution in [0.3, 0.4) is 0 Å². The van der Waals surface area contributed by atoms with Crippen LogP contribution >= 0.6 is 0 Å². The van der Waals surface area contributed by atoms with Crippen molar-refractivity contribution < 1.29 is 0 Å². The summed E-state index contributed by atoms with van der Waals surface area (Å²) in [5, 5.41) is 13.2. The summed E-state index contributed by atoms with van der Waals surface area (Å²) >= 11 is 0. The predicted molar refractivity (Wildman–Crippen MR) is 48.9 cm³/mol. The highest BCUT2D eigenvalue weighted by atomic mass is 15.3. The van der Waals surface area contributed by atoms with E-state index in [0.29, 0.717) is 17.3 Å². The molecule has 0 bridgehead atoms. The van der Waals surface area contributed by atoms with Gasteiger partial charge in [-0.15, -0.1) is 0 Å². The lowest BCUT2D eigenvalue weighted by Crippen LogP contribution is -2.10. The van der Waals surface area contributed by atoms with E-state index in [9.17, 15) is 0 Å². The fraction of sp³-hybridized carbons (Fsp3) is 0.556. The minimum absolute atomic E-state index is 0.471. The van der Waals surface area contributed by atoms with Crippen molar-refractivity contribution in [3.8, 4) is 6.07 Å². The Balaban J connectivity index is 2.45. The van der Waals surface area contributed by atoms with Gasteiger partial charge < -0.3 is 5.73 Å². The van der Waals surface area contributed by atoms with Crippen molar-refractivity contribution in [3.05, 3.63) is 11.3 Å². The van der Waals surface area contributed by atoms with Gasteiger partial charge in [-0.05, 0) is 12.8 Å². The molecule has 0 aliphatic heterocycles. The Hall–Kier alpha value is -1.50. The van der Waals surface area contributed by atoms with Crippen molar-refractivity contribution in [2.75, 3.05) is 5.73 Å². The molecule has 0 unspecified atom stereocenters. The van der Waals surface area contributed by atoms with E-state index in [1.54, 1.807) is 11.7 Å². The van der Waals surface area contributed by atoms with Crippen LogP contribution in [0.2, 0.25) is 0 Å². The van der Waals surface area contributed by atoms with Gasteiger partial charge in [-0.3, -0.25) is 4.68 Å². The lowest BCUT2D eigenvalue weighted by atomic mass is 9.82. The molecule has 1 aromatic rings. The van der Waals surface area contributed by atoms with E-state index in [4.69, 9.17) is 11.0 Å². The number of rotatable bonds is 1. The Morgan fingerprint density at radius 1 is 1.62 bits per heavy atom. The summed E-state index contributed by atoms with van der Waals surface area (Å²) in [6.45, 7) is 0. The van der Waals surface area contributed by atoms with E-state index < -0.39 is 0 Å². The van der Waals surface area contributed by atoms with Crippen LogP contribution in [0.1, 0.15) is 36.4 Å². The Bertz CT molecular complexity index is 368. The lowest BCUT2D eigenvalue weighted by molar-refractivity contribution is 0.407. The maximum atomic E-state index is 8.90. The second-order valence-electron chi connectivity index (χ2n) is 3.51. The molecule has 1 aromatic heterocycles. The molecule has 68 valence electrons. The Kier molecular flexibility index (Phi) is 1.73. The maximum absolute atomic E-state index is 8.90.